The first-order chi connectivity index (χ1) is 9.42. The standard InChI is InChI=1S/C15H22N4/c1-2-6-13-12(5-1)15(18-10-17-13)19-8-11-4-3-7-16-14(11)9-19/h10-11,14,16H,1-9H2. The van der Waals surface area contributed by atoms with Crippen LogP contribution in [0.2, 0.25) is 0 Å². The van der Waals surface area contributed by atoms with Crippen LogP contribution in [0.4, 0.5) is 5.82 Å². The van der Waals surface area contributed by atoms with Gasteiger partial charge in [-0.2, -0.15) is 0 Å². The Morgan fingerprint density at radius 2 is 2.05 bits per heavy atom. The van der Waals surface area contributed by atoms with E-state index in [1.807, 2.05) is 0 Å². The van der Waals surface area contributed by atoms with E-state index >= 15 is 0 Å². The van der Waals surface area contributed by atoms with Crippen LogP contribution in [0.1, 0.15) is 36.9 Å². The van der Waals surface area contributed by atoms with Gasteiger partial charge in [0.1, 0.15) is 12.1 Å². The van der Waals surface area contributed by atoms with Crippen molar-refractivity contribution in [2.24, 2.45) is 5.92 Å². The smallest absolute Gasteiger partial charge is 0.135 e. The molecule has 0 bridgehead atoms. The highest BCUT2D eigenvalue weighted by Crippen LogP contribution is 2.32. The van der Waals surface area contributed by atoms with Gasteiger partial charge >= 0.3 is 0 Å². The average Bonchev–Trinajstić information content (AvgIpc) is 2.90. The Balaban J connectivity index is 1.62. The van der Waals surface area contributed by atoms with Crippen LogP contribution in [0, 0.1) is 5.92 Å². The number of aryl methyl sites for hydroxylation is 1. The van der Waals surface area contributed by atoms with Crippen molar-refractivity contribution >= 4 is 5.82 Å². The number of rotatable bonds is 1. The molecule has 1 aromatic rings. The molecule has 2 unspecified atom stereocenters. The number of piperidine rings is 1. The molecule has 0 amide bonds. The number of nitrogens with one attached hydrogen (secondary N) is 1. The molecule has 0 saturated carbocycles. The molecule has 2 fully saturated rings. The third-order valence-corrected chi connectivity index (χ3v) is 5.00. The molecule has 3 aliphatic rings. The van der Waals surface area contributed by atoms with Crippen molar-refractivity contribution < 1.29 is 0 Å². The molecule has 19 heavy (non-hydrogen) atoms. The summed E-state index contributed by atoms with van der Waals surface area (Å²) in [5.41, 5.74) is 2.74. The third kappa shape index (κ3) is 2.02. The van der Waals surface area contributed by atoms with E-state index in [2.05, 4.69) is 20.2 Å². The molecule has 0 aromatic carbocycles. The fourth-order valence-electron chi connectivity index (χ4n) is 4.00. The van der Waals surface area contributed by atoms with E-state index in [0.717, 1.165) is 18.9 Å². The lowest BCUT2D eigenvalue weighted by atomic mass is 9.94. The van der Waals surface area contributed by atoms with Gasteiger partial charge in [0.25, 0.3) is 0 Å². The molecule has 1 N–H and O–H groups in total. The van der Waals surface area contributed by atoms with Gasteiger partial charge in [0.15, 0.2) is 0 Å². The SMILES string of the molecule is c1nc2c(c(N3CC4CCCNC4C3)n1)CCCC2. The van der Waals surface area contributed by atoms with E-state index in [4.69, 9.17) is 0 Å². The molecule has 3 heterocycles. The second-order valence-electron chi connectivity index (χ2n) is 6.20. The molecule has 0 radical (unpaired) electrons. The monoisotopic (exact) mass is 258 g/mol. The molecule has 2 atom stereocenters. The number of hydrogen-bond donors (Lipinski definition) is 1. The number of fused-ring (bicyclic) bond motifs is 2. The summed E-state index contributed by atoms with van der Waals surface area (Å²) in [6.45, 7) is 3.51. The lowest BCUT2D eigenvalue weighted by molar-refractivity contribution is 0.340. The van der Waals surface area contributed by atoms with Crippen molar-refractivity contribution in [3.05, 3.63) is 17.6 Å². The van der Waals surface area contributed by atoms with E-state index in [9.17, 15) is 0 Å². The Kier molecular flexibility index (Phi) is 2.91. The number of aromatic nitrogens is 2. The van der Waals surface area contributed by atoms with Gasteiger partial charge in [-0.25, -0.2) is 9.97 Å². The maximum Gasteiger partial charge on any atom is 0.135 e. The van der Waals surface area contributed by atoms with Crippen molar-refractivity contribution in [2.45, 2.75) is 44.6 Å². The van der Waals surface area contributed by atoms with E-state index < -0.39 is 0 Å². The highest BCUT2D eigenvalue weighted by atomic mass is 15.2. The van der Waals surface area contributed by atoms with Crippen LogP contribution in [-0.2, 0) is 12.8 Å². The first-order valence-electron chi connectivity index (χ1n) is 7.73. The molecule has 4 nitrogen and oxygen atoms in total. The van der Waals surface area contributed by atoms with Gasteiger partial charge in [0.2, 0.25) is 0 Å². The zero-order valence-corrected chi connectivity index (χ0v) is 11.4. The quantitative estimate of drug-likeness (QED) is 0.829. The number of hydrogen-bond acceptors (Lipinski definition) is 4. The topological polar surface area (TPSA) is 41.1 Å². The van der Waals surface area contributed by atoms with Crippen LogP contribution in [0.25, 0.3) is 0 Å². The summed E-state index contributed by atoms with van der Waals surface area (Å²) in [4.78, 5) is 11.6. The minimum Gasteiger partial charge on any atom is -0.354 e. The summed E-state index contributed by atoms with van der Waals surface area (Å²) < 4.78 is 0. The molecular weight excluding hydrogens is 236 g/mol. The van der Waals surface area contributed by atoms with Crippen LogP contribution in [0.3, 0.4) is 0 Å². The van der Waals surface area contributed by atoms with Crippen LogP contribution < -0.4 is 10.2 Å². The van der Waals surface area contributed by atoms with Gasteiger partial charge in [0, 0.05) is 30.4 Å². The lowest BCUT2D eigenvalue weighted by Gasteiger charge is -2.24. The van der Waals surface area contributed by atoms with Gasteiger partial charge in [-0.1, -0.05) is 0 Å². The Morgan fingerprint density at radius 3 is 3.00 bits per heavy atom. The van der Waals surface area contributed by atoms with Crippen molar-refractivity contribution in [2.75, 3.05) is 24.5 Å². The van der Waals surface area contributed by atoms with Crippen LogP contribution in [0.15, 0.2) is 6.33 Å². The third-order valence-electron chi connectivity index (χ3n) is 5.00. The maximum absolute atomic E-state index is 4.62. The maximum atomic E-state index is 4.62. The van der Waals surface area contributed by atoms with E-state index in [1.54, 1.807) is 6.33 Å². The van der Waals surface area contributed by atoms with Gasteiger partial charge in [0.05, 0.1) is 0 Å². The van der Waals surface area contributed by atoms with Crippen LogP contribution >= 0.6 is 0 Å². The first kappa shape index (κ1) is 11.6. The summed E-state index contributed by atoms with van der Waals surface area (Å²) in [7, 11) is 0. The summed E-state index contributed by atoms with van der Waals surface area (Å²) in [5.74, 6) is 2.06. The highest BCUT2D eigenvalue weighted by Gasteiger charge is 2.36. The first-order valence-corrected chi connectivity index (χ1v) is 7.73. The molecular formula is C15H22N4. The molecule has 1 aliphatic carbocycles. The second-order valence-corrected chi connectivity index (χ2v) is 6.20. The lowest BCUT2D eigenvalue weighted by Crippen LogP contribution is -2.40. The van der Waals surface area contributed by atoms with Crippen molar-refractivity contribution in [1.29, 1.82) is 0 Å². The molecule has 4 heteroatoms. The Hall–Kier alpha value is -1.16. The summed E-state index contributed by atoms with van der Waals surface area (Å²) >= 11 is 0. The fourth-order valence-corrected chi connectivity index (χ4v) is 4.00. The molecule has 2 aliphatic heterocycles. The predicted octanol–water partition coefficient (Wildman–Crippen LogP) is 1.54. The Morgan fingerprint density at radius 1 is 1.11 bits per heavy atom. The number of nitrogens with zero attached hydrogens (tertiary/aromatic N) is 3. The largest absolute Gasteiger partial charge is 0.354 e. The molecule has 102 valence electrons. The van der Waals surface area contributed by atoms with Gasteiger partial charge in [-0.15, -0.1) is 0 Å². The van der Waals surface area contributed by atoms with Crippen molar-refractivity contribution in [1.82, 2.24) is 15.3 Å². The normalized spacial score (nSPS) is 30.0. The van der Waals surface area contributed by atoms with Crippen molar-refractivity contribution in [3.63, 3.8) is 0 Å². The van der Waals surface area contributed by atoms with Gasteiger partial charge in [-0.05, 0) is 51.0 Å². The Bertz CT molecular complexity index is 459. The number of anilines is 1. The van der Waals surface area contributed by atoms with E-state index in [1.165, 1.54) is 62.3 Å². The minimum absolute atomic E-state index is 0.683. The predicted molar refractivity (Wildman–Crippen MR) is 75.4 cm³/mol. The molecule has 4 rings (SSSR count). The zero-order valence-electron chi connectivity index (χ0n) is 11.4. The summed E-state index contributed by atoms with van der Waals surface area (Å²) in [6, 6.07) is 0.683. The minimum atomic E-state index is 0.683. The highest BCUT2D eigenvalue weighted by molar-refractivity contribution is 5.51. The summed E-state index contributed by atoms with van der Waals surface area (Å²) in [6.07, 6.45) is 9.38. The van der Waals surface area contributed by atoms with E-state index in [-0.39, 0.29) is 0 Å². The van der Waals surface area contributed by atoms with Gasteiger partial charge < -0.3 is 10.2 Å². The molecule has 2 saturated heterocycles. The fraction of sp³-hybridized carbons (Fsp3) is 0.733. The Labute approximate surface area is 114 Å². The molecule has 0 spiro atoms. The zero-order chi connectivity index (χ0) is 12.7. The van der Waals surface area contributed by atoms with Crippen LogP contribution in [0.5, 0.6) is 0 Å². The second kappa shape index (κ2) is 4.75. The van der Waals surface area contributed by atoms with Crippen LogP contribution in [-0.4, -0.2) is 35.6 Å². The average molecular weight is 258 g/mol. The van der Waals surface area contributed by atoms with E-state index in [0.29, 0.717) is 6.04 Å². The summed E-state index contributed by atoms with van der Waals surface area (Å²) in [5, 5.41) is 3.68. The molecule has 1 aromatic heterocycles. The van der Waals surface area contributed by atoms with Gasteiger partial charge in [-0.3, -0.25) is 0 Å². The van der Waals surface area contributed by atoms with Crippen molar-refractivity contribution in [3.8, 4) is 0 Å².